The average molecular weight is 523 g/mol. The minimum absolute atomic E-state index is 0.109. The van der Waals surface area contributed by atoms with Crippen molar-refractivity contribution in [3.8, 4) is 5.75 Å². The van der Waals surface area contributed by atoms with Crippen LogP contribution in [0.2, 0.25) is 0 Å². The van der Waals surface area contributed by atoms with Gasteiger partial charge in [-0.05, 0) is 32.0 Å². The van der Waals surface area contributed by atoms with Crippen LogP contribution >= 0.6 is 0 Å². The van der Waals surface area contributed by atoms with Crippen LogP contribution in [0.15, 0.2) is 48.9 Å². The van der Waals surface area contributed by atoms with E-state index < -0.39 is 17.2 Å². The molecule has 4 heterocycles. The van der Waals surface area contributed by atoms with Crippen LogP contribution in [0.5, 0.6) is 5.75 Å². The summed E-state index contributed by atoms with van der Waals surface area (Å²) < 4.78 is 32.7. The van der Waals surface area contributed by atoms with E-state index in [4.69, 9.17) is 4.74 Å². The van der Waals surface area contributed by atoms with Crippen LogP contribution in [0.3, 0.4) is 0 Å². The van der Waals surface area contributed by atoms with Gasteiger partial charge in [-0.1, -0.05) is 0 Å². The summed E-state index contributed by atoms with van der Waals surface area (Å²) in [5.41, 5.74) is 0.657. The van der Waals surface area contributed by atoms with Gasteiger partial charge in [0.25, 0.3) is 0 Å². The van der Waals surface area contributed by atoms with Crippen molar-refractivity contribution in [2.45, 2.75) is 25.5 Å². The van der Waals surface area contributed by atoms with E-state index in [1.807, 2.05) is 6.07 Å². The molecule has 0 saturated carbocycles. The minimum Gasteiger partial charge on any atom is -0.493 e. The second-order valence-corrected chi connectivity index (χ2v) is 9.55. The number of fused-ring (bicyclic) bond motifs is 1. The summed E-state index contributed by atoms with van der Waals surface area (Å²) in [5, 5.41) is 20.5. The van der Waals surface area contributed by atoms with Gasteiger partial charge in [0.15, 0.2) is 23.2 Å². The van der Waals surface area contributed by atoms with Crippen molar-refractivity contribution in [2.24, 2.45) is 0 Å². The molecule has 0 amide bonds. The molecular formula is C26H28F2N8O2. The van der Waals surface area contributed by atoms with Gasteiger partial charge in [-0.2, -0.15) is 4.98 Å². The molecule has 1 saturated heterocycles. The van der Waals surface area contributed by atoms with E-state index in [1.54, 1.807) is 45.5 Å². The van der Waals surface area contributed by atoms with E-state index in [2.05, 4.69) is 40.8 Å². The van der Waals surface area contributed by atoms with Gasteiger partial charge >= 0.3 is 0 Å². The van der Waals surface area contributed by atoms with Crippen molar-refractivity contribution < 1.29 is 18.6 Å². The lowest BCUT2D eigenvalue weighted by Gasteiger charge is -2.40. The highest BCUT2D eigenvalue weighted by atomic mass is 19.2. The number of nitrogens with one attached hydrogen (secondary N) is 3. The lowest BCUT2D eigenvalue weighted by molar-refractivity contribution is 0.0362. The highest BCUT2D eigenvalue weighted by Gasteiger charge is 2.32. The van der Waals surface area contributed by atoms with Crippen LogP contribution in [0.4, 0.5) is 37.7 Å². The van der Waals surface area contributed by atoms with Gasteiger partial charge in [0, 0.05) is 43.4 Å². The smallest absolute Gasteiger partial charge is 0.229 e. The molecule has 1 unspecified atom stereocenters. The Kier molecular flexibility index (Phi) is 6.91. The van der Waals surface area contributed by atoms with Crippen molar-refractivity contribution in [1.29, 1.82) is 0 Å². The summed E-state index contributed by atoms with van der Waals surface area (Å²) in [4.78, 5) is 19.6. The lowest BCUT2D eigenvalue weighted by atomic mass is 9.97. The number of nitrogens with zero attached hydrogens (tertiary/aromatic N) is 5. The van der Waals surface area contributed by atoms with Crippen LogP contribution in [0, 0.1) is 11.6 Å². The average Bonchev–Trinajstić information content (AvgIpc) is 2.89. The zero-order valence-electron chi connectivity index (χ0n) is 21.2. The Morgan fingerprint density at radius 3 is 2.61 bits per heavy atom. The Morgan fingerprint density at radius 1 is 1.05 bits per heavy atom. The highest BCUT2D eigenvalue weighted by molar-refractivity contribution is 5.82. The van der Waals surface area contributed by atoms with Gasteiger partial charge in [-0.15, -0.1) is 0 Å². The van der Waals surface area contributed by atoms with Crippen LogP contribution in [0.25, 0.3) is 10.9 Å². The number of methoxy groups -OCH3 is 1. The number of halogens is 2. The molecule has 0 bridgehead atoms. The van der Waals surface area contributed by atoms with Crippen molar-refractivity contribution in [3.05, 3.63) is 60.6 Å². The van der Waals surface area contributed by atoms with Crippen LogP contribution < -0.4 is 25.6 Å². The zero-order chi connectivity index (χ0) is 26.9. The molecule has 1 aromatic carbocycles. The molecule has 0 spiro atoms. The summed E-state index contributed by atoms with van der Waals surface area (Å²) >= 11 is 0. The van der Waals surface area contributed by atoms with Gasteiger partial charge in [0.1, 0.15) is 5.82 Å². The van der Waals surface area contributed by atoms with Gasteiger partial charge in [-0.3, -0.25) is 4.98 Å². The van der Waals surface area contributed by atoms with Gasteiger partial charge in [0.05, 0.1) is 48.0 Å². The van der Waals surface area contributed by atoms with Crippen molar-refractivity contribution in [1.82, 2.24) is 25.3 Å². The number of hydrogen-bond donors (Lipinski definition) is 4. The second kappa shape index (κ2) is 10.3. The predicted octanol–water partition coefficient (Wildman–Crippen LogP) is 3.74. The third-order valence-electron chi connectivity index (χ3n) is 6.29. The van der Waals surface area contributed by atoms with Crippen LogP contribution in [-0.2, 0) is 0 Å². The molecule has 0 radical (unpaired) electrons. The maximum atomic E-state index is 13.6. The highest BCUT2D eigenvalue weighted by Crippen LogP contribution is 2.31. The first kappa shape index (κ1) is 25.5. The van der Waals surface area contributed by atoms with E-state index in [1.165, 1.54) is 6.20 Å². The molecule has 0 aliphatic carbocycles. The number of aromatic nitrogens is 4. The van der Waals surface area contributed by atoms with E-state index >= 15 is 0 Å². The number of piperazine rings is 1. The number of rotatable bonds is 7. The largest absolute Gasteiger partial charge is 0.493 e. The molecule has 198 valence electrons. The lowest BCUT2D eigenvalue weighted by Crippen LogP contribution is -2.59. The number of benzene rings is 1. The Bertz CT molecular complexity index is 1460. The van der Waals surface area contributed by atoms with E-state index in [-0.39, 0.29) is 6.04 Å². The summed E-state index contributed by atoms with van der Waals surface area (Å²) in [5.74, 6) is 0.174. The summed E-state index contributed by atoms with van der Waals surface area (Å²) in [6, 6.07) is 7.20. The molecule has 1 aliphatic heterocycles. The third-order valence-corrected chi connectivity index (χ3v) is 6.29. The first-order valence-electron chi connectivity index (χ1n) is 12.1. The normalized spacial score (nSPS) is 15.9. The Balaban J connectivity index is 1.31. The van der Waals surface area contributed by atoms with Gasteiger partial charge in [-0.25, -0.2) is 18.7 Å². The summed E-state index contributed by atoms with van der Waals surface area (Å²) in [6.07, 6.45) is 4.77. The van der Waals surface area contributed by atoms with Gasteiger partial charge < -0.3 is 30.7 Å². The first-order valence-corrected chi connectivity index (χ1v) is 12.1. The zero-order valence-corrected chi connectivity index (χ0v) is 21.2. The number of ether oxygens (including phenoxy) is 1. The SMILES string of the molecule is COc1cc(Nc2nccc(Nc3cnc4cc(F)c(F)cc4c3)n2)cnc1N1CCNC(C(C)(C)O)C1. The Labute approximate surface area is 218 Å². The fraction of sp³-hybridized carbons (Fsp3) is 0.308. The molecule has 4 aromatic rings. The van der Waals surface area contributed by atoms with E-state index in [9.17, 15) is 13.9 Å². The Hall–Kier alpha value is -4.16. The van der Waals surface area contributed by atoms with Crippen LogP contribution in [-0.4, -0.2) is 63.4 Å². The molecule has 10 nitrogen and oxygen atoms in total. The molecule has 12 heteroatoms. The number of anilines is 5. The number of pyridine rings is 2. The first-order chi connectivity index (χ1) is 18.2. The number of aliphatic hydroxyl groups is 1. The molecule has 1 fully saturated rings. The maximum absolute atomic E-state index is 13.6. The molecule has 5 rings (SSSR count). The Morgan fingerprint density at radius 2 is 1.82 bits per heavy atom. The molecule has 1 atom stereocenters. The monoisotopic (exact) mass is 522 g/mol. The fourth-order valence-corrected chi connectivity index (χ4v) is 4.27. The predicted molar refractivity (Wildman–Crippen MR) is 141 cm³/mol. The van der Waals surface area contributed by atoms with Crippen molar-refractivity contribution >= 4 is 39.9 Å². The maximum Gasteiger partial charge on any atom is 0.229 e. The molecule has 4 N–H and O–H groups in total. The number of hydrogen-bond acceptors (Lipinski definition) is 10. The van der Waals surface area contributed by atoms with Crippen molar-refractivity contribution in [2.75, 3.05) is 42.3 Å². The third kappa shape index (κ3) is 5.55. The van der Waals surface area contributed by atoms with Gasteiger partial charge in [0.2, 0.25) is 5.95 Å². The summed E-state index contributed by atoms with van der Waals surface area (Å²) in [6.45, 7) is 5.59. The second-order valence-electron chi connectivity index (χ2n) is 9.55. The standard InChI is InChI=1S/C26H28F2N8O2/c1-26(2,37)22-14-36(7-6-29-22)24-21(38-3)10-17(13-32-24)34-25-30-5-4-23(35-25)33-16-8-15-9-18(27)19(28)11-20(15)31-12-16/h4-5,8-13,22,29,37H,6-7,14H2,1-3H3,(H2,30,33,34,35). The van der Waals surface area contributed by atoms with E-state index in [0.29, 0.717) is 58.7 Å². The molecule has 1 aliphatic rings. The van der Waals surface area contributed by atoms with E-state index in [0.717, 1.165) is 18.7 Å². The van der Waals surface area contributed by atoms with Crippen LogP contribution in [0.1, 0.15) is 13.8 Å². The molecular weight excluding hydrogens is 494 g/mol. The molecule has 3 aromatic heterocycles. The fourth-order valence-electron chi connectivity index (χ4n) is 4.27. The summed E-state index contributed by atoms with van der Waals surface area (Å²) in [7, 11) is 1.58. The van der Waals surface area contributed by atoms with Crippen molar-refractivity contribution in [3.63, 3.8) is 0 Å². The molecule has 38 heavy (non-hydrogen) atoms. The minimum atomic E-state index is -0.942. The quantitative estimate of drug-likeness (QED) is 0.286. The topological polar surface area (TPSA) is 120 Å².